The molecule has 0 bridgehead atoms. The molecule has 0 unspecified atom stereocenters. The quantitative estimate of drug-likeness (QED) is 0.468. The number of nitrogens with zero attached hydrogens (tertiary/aromatic N) is 2. The van der Waals surface area contributed by atoms with Crippen LogP contribution >= 0.6 is 0 Å². The molecule has 1 aromatic heterocycles. The van der Waals surface area contributed by atoms with E-state index in [1.807, 2.05) is 54.6 Å². The minimum absolute atomic E-state index is 0.112. The van der Waals surface area contributed by atoms with Gasteiger partial charge in [-0.1, -0.05) is 42.5 Å². The SMILES string of the molecule is COc1ccc([C@@H](NC(=O)COc2ccc(-c3nnco3)cc2)c2ccccc2)cc1. The standard InChI is InChI=1S/C24H21N3O4/c1-29-20-11-7-18(8-12-20)23(17-5-3-2-4-6-17)26-22(28)15-30-21-13-9-19(10-14-21)24-27-25-16-31-24/h2-14,16,23H,15H2,1H3,(H,26,28)/t23-/m0/s1. The number of rotatable bonds is 8. The van der Waals surface area contributed by atoms with Crippen molar-refractivity contribution in [2.24, 2.45) is 0 Å². The topological polar surface area (TPSA) is 86.5 Å². The van der Waals surface area contributed by atoms with Crippen molar-refractivity contribution in [1.82, 2.24) is 15.5 Å². The second kappa shape index (κ2) is 9.58. The fourth-order valence-electron chi connectivity index (χ4n) is 3.15. The van der Waals surface area contributed by atoms with Crippen molar-refractivity contribution in [3.8, 4) is 23.0 Å². The van der Waals surface area contributed by atoms with Crippen LogP contribution in [0.1, 0.15) is 17.2 Å². The van der Waals surface area contributed by atoms with Crippen molar-refractivity contribution >= 4 is 5.91 Å². The average Bonchev–Trinajstić information content (AvgIpc) is 3.37. The molecule has 1 heterocycles. The Kier molecular flexibility index (Phi) is 6.23. The molecule has 0 saturated heterocycles. The number of hydrogen-bond donors (Lipinski definition) is 1. The Morgan fingerprint density at radius 1 is 0.935 bits per heavy atom. The van der Waals surface area contributed by atoms with E-state index in [-0.39, 0.29) is 18.6 Å². The highest BCUT2D eigenvalue weighted by Crippen LogP contribution is 2.24. The zero-order valence-corrected chi connectivity index (χ0v) is 16.9. The molecule has 0 aliphatic rings. The smallest absolute Gasteiger partial charge is 0.258 e. The monoisotopic (exact) mass is 415 g/mol. The Morgan fingerprint density at radius 2 is 1.61 bits per heavy atom. The van der Waals surface area contributed by atoms with Gasteiger partial charge in [-0.25, -0.2) is 0 Å². The van der Waals surface area contributed by atoms with Crippen LogP contribution in [0.15, 0.2) is 89.7 Å². The van der Waals surface area contributed by atoms with Crippen molar-refractivity contribution in [3.05, 3.63) is 96.4 Å². The highest BCUT2D eigenvalue weighted by Gasteiger charge is 2.17. The number of hydrogen-bond acceptors (Lipinski definition) is 6. The van der Waals surface area contributed by atoms with Crippen molar-refractivity contribution < 1.29 is 18.7 Å². The van der Waals surface area contributed by atoms with Gasteiger partial charge in [0, 0.05) is 5.56 Å². The molecule has 4 rings (SSSR count). The predicted molar refractivity (Wildman–Crippen MR) is 115 cm³/mol. The third-order valence-corrected chi connectivity index (χ3v) is 4.72. The predicted octanol–water partition coefficient (Wildman–Crippen LogP) is 4.03. The summed E-state index contributed by atoms with van der Waals surface area (Å²) in [5.74, 6) is 1.52. The normalized spacial score (nSPS) is 11.5. The van der Waals surface area contributed by atoms with Gasteiger partial charge in [-0.3, -0.25) is 4.79 Å². The molecule has 1 atom stereocenters. The number of carbonyl (C=O) groups is 1. The fourth-order valence-corrected chi connectivity index (χ4v) is 3.15. The molecule has 1 N–H and O–H groups in total. The van der Waals surface area contributed by atoms with Crippen LogP contribution < -0.4 is 14.8 Å². The van der Waals surface area contributed by atoms with Gasteiger partial charge in [0.1, 0.15) is 11.5 Å². The van der Waals surface area contributed by atoms with Gasteiger partial charge in [0.05, 0.1) is 13.2 Å². The fraction of sp³-hybridized carbons (Fsp3) is 0.125. The first-order chi connectivity index (χ1) is 15.2. The van der Waals surface area contributed by atoms with Crippen molar-refractivity contribution in [2.45, 2.75) is 6.04 Å². The number of ether oxygens (including phenoxy) is 2. The Balaban J connectivity index is 1.42. The first-order valence-corrected chi connectivity index (χ1v) is 9.70. The van der Waals surface area contributed by atoms with Crippen molar-refractivity contribution in [2.75, 3.05) is 13.7 Å². The number of amides is 1. The lowest BCUT2D eigenvalue weighted by Crippen LogP contribution is -2.33. The summed E-state index contributed by atoms with van der Waals surface area (Å²) in [5, 5.41) is 10.6. The number of methoxy groups -OCH3 is 1. The number of benzene rings is 3. The summed E-state index contributed by atoms with van der Waals surface area (Å²) >= 11 is 0. The molecule has 0 aliphatic carbocycles. The van der Waals surface area contributed by atoms with Gasteiger partial charge in [-0.05, 0) is 47.5 Å². The van der Waals surface area contributed by atoms with Gasteiger partial charge in [0.2, 0.25) is 12.3 Å². The first-order valence-electron chi connectivity index (χ1n) is 9.70. The maximum atomic E-state index is 12.7. The molecule has 7 heteroatoms. The third-order valence-electron chi connectivity index (χ3n) is 4.72. The minimum atomic E-state index is -0.303. The Bertz CT molecular complexity index is 1100. The molecule has 1 amide bonds. The second-order valence-electron chi connectivity index (χ2n) is 6.74. The highest BCUT2D eigenvalue weighted by molar-refractivity contribution is 5.78. The summed E-state index contributed by atoms with van der Waals surface area (Å²) < 4.78 is 16.1. The van der Waals surface area contributed by atoms with Crippen LogP contribution in [0.2, 0.25) is 0 Å². The van der Waals surface area contributed by atoms with Gasteiger partial charge in [0.15, 0.2) is 6.61 Å². The van der Waals surface area contributed by atoms with E-state index in [4.69, 9.17) is 13.9 Å². The van der Waals surface area contributed by atoms with E-state index in [9.17, 15) is 4.79 Å². The van der Waals surface area contributed by atoms with E-state index in [1.54, 1.807) is 31.4 Å². The molecular formula is C24H21N3O4. The van der Waals surface area contributed by atoms with Crippen LogP contribution in [0.5, 0.6) is 11.5 Å². The van der Waals surface area contributed by atoms with E-state index >= 15 is 0 Å². The highest BCUT2D eigenvalue weighted by atomic mass is 16.5. The number of nitrogens with one attached hydrogen (secondary N) is 1. The van der Waals surface area contributed by atoms with Crippen LogP contribution in [-0.4, -0.2) is 29.8 Å². The summed E-state index contributed by atoms with van der Waals surface area (Å²) in [6.07, 6.45) is 1.27. The zero-order valence-electron chi connectivity index (χ0n) is 16.9. The molecular weight excluding hydrogens is 394 g/mol. The van der Waals surface area contributed by atoms with Crippen LogP contribution in [0.4, 0.5) is 0 Å². The molecule has 0 radical (unpaired) electrons. The Morgan fingerprint density at radius 3 is 2.26 bits per heavy atom. The summed E-state index contributed by atoms with van der Waals surface area (Å²) in [6, 6.07) is 24.2. The van der Waals surface area contributed by atoms with E-state index in [0.717, 1.165) is 22.4 Å². The summed E-state index contributed by atoms with van der Waals surface area (Å²) in [4.78, 5) is 12.7. The van der Waals surface area contributed by atoms with E-state index in [0.29, 0.717) is 11.6 Å². The van der Waals surface area contributed by atoms with Gasteiger partial charge < -0.3 is 19.2 Å². The third kappa shape index (κ3) is 5.08. The summed E-state index contributed by atoms with van der Waals surface area (Å²) in [7, 11) is 1.62. The lowest BCUT2D eigenvalue weighted by molar-refractivity contribution is -0.123. The van der Waals surface area contributed by atoms with E-state index in [1.165, 1.54) is 6.39 Å². The Hall–Kier alpha value is -4.13. The molecule has 7 nitrogen and oxygen atoms in total. The van der Waals surface area contributed by atoms with Gasteiger partial charge in [-0.15, -0.1) is 10.2 Å². The maximum absolute atomic E-state index is 12.7. The zero-order chi connectivity index (χ0) is 21.5. The first kappa shape index (κ1) is 20.2. The van der Waals surface area contributed by atoms with Crippen LogP contribution in [0.3, 0.4) is 0 Å². The molecule has 156 valence electrons. The number of carbonyl (C=O) groups excluding carboxylic acids is 1. The second-order valence-corrected chi connectivity index (χ2v) is 6.74. The Labute approximate surface area is 179 Å². The largest absolute Gasteiger partial charge is 0.497 e. The lowest BCUT2D eigenvalue weighted by Gasteiger charge is -2.20. The van der Waals surface area contributed by atoms with Gasteiger partial charge in [0.25, 0.3) is 5.91 Å². The molecule has 3 aromatic carbocycles. The molecule has 0 spiro atoms. The van der Waals surface area contributed by atoms with Crippen LogP contribution in [0, 0.1) is 0 Å². The van der Waals surface area contributed by atoms with Crippen molar-refractivity contribution in [1.29, 1.82) is 0 Å². The van der Waals surface area contributed by atoms with Gasteiger partial charge in [-0.2, -0.15) is 0 Å². The lowest BCUT2D eigenvalue weighted by atomic mass is 9.98. The van der Waals surface area contributed by atoms with Gasteiger partial charge >= 0.3 is 0 Å². The van der Waals surface area contributed by atoms with Crippen LogP contribution in [0.25, 0.3) is 11.5 Å². The minimum Gasteiger partial charge on any atom is -0.497 e. The summed E-state index contributed by atoms with van der Waals surface area (Å²) in [6.45, 7) is -0.112. The summed E-state index contributed by atoms with van der Waals surface area (Å²) in [5.41, 5.74) is 2.70. The van der Waals surface area contributed by atoms with Crippen molar-refractivity contribution in [3.63, 3.8) is 0 Å². The molecule has 4 aromatic rings. The maximum Gasteiger partial charge on any atom is 0.258 e. The molecule has 0 aliphatic heterocycles. The number of aromatic nitrogens is 2. The molecule has 0 fully saturated rings. The average molecular weight is 415 g/mol. The molecule has 0 saturated carbocycles. The molecule has 31 heavy (non-hydrogen) atoms. The van der Waals surface area contributed by atoms with E-state index < -0.39 is 0 Å². The van der Waals surface area contributed by atoms with Crippen LogP contribution in [-0.2, 0) is 4.79 Å². The van der Waals surface area contributed by atoms with E-state index in [2.05, 4.69) is 15.5 Å².